The molecule has 3 N–H and O–H groups in total. The molecule has 0 saturated carbocycles. The highest BCUT2D eigenvalue weighted by Crippen LogP contribution is 2.22. The molecular formula is C13H14N4O5. The molecule has 0 aliphatic carbocycles. The fourth-order valence-electron chi connectivity index (χ4n) is 1.89. The molecule has 1 aromatic carbocycles. The highest BCUT2D eigenvalue weighted by atomic mass is 16.6. The van der Waals surface area contributed by atoms with Crippen LogP contribution in [0.25, 0.3) is 10.9 Å². The lowest BCUT2D eigenvalue weighted by Gasteiger charge is -2.24. The molecule has 1 atom stereocenters. The number of nitro groups is 1. The predicted octanol–water partition coefficient (Wildman–Crippen LogP) is 1.45. The van der Waals surface area contributed by atoms with Gasteiger partial charge < -0.3 is 10.4 Å². The second kappa shape index (κ2) is 5.43. The molecule has 1 amide bonds. The molecule has 0 spiro atoms. The smallest absolute Gasteiger partial charge is 0.329 e. The number of H-pyrrole nitrogens is 1. The number of carbonyl (C=O) groups excluding carboxylic acids is 1. The summed E-state index contributed by atoms with van der Waals surface area (Å²) in [5, 5.41) is 29.0. The topological polar surface area (TPSA) is 138 Å². The summed E-state index contributed by atoms with van der Waals surface area (Å²) in [4.78, 5) is 33.7. The number of rotatable bonds is 5. The van der Waals surface area contributed by atoms with Crippen LogP contribution in [-0.4, -0.2) is 37.6 Å². The largest absolute Gasteiger partial charge is 0.480 e. The Morgan fingerprint density at radius 2 is 2.18 bits per heavy atom. The number of nitrogens with zero attached hydrogens (tertiary/aromatic N) is 2. The van der Waals surface area contributed by atoms with Gasteiger partial charge in [-0.25, -0.2) is 4.79 Å². The van der Waals surface area contributed by atoms with Crippen molar-refractivity contribution in [3.63, 3.8) is 0 Å². The lowest BCUT2D eigenvalue weighted by atomic mass is 9.99. The molecule has 0 bridgehead atoms. The summed E-state index contributed by atoms with van der Waals surface area (Å²) in [5.74, 6) is -1.88. The number of amides is 1. The van der Waals surface area contributed by atoms with Gasteiger partial charge in [-0.1, -0.05) is 6.92 Å². The molecule has 2 aromatic rings. The molecule has 0 radical (unpaired) electrons. The number of non-ortho nitro benzene ring substituents is 1. The molecule has 22 heavy (non-hydrogen) atoms. The SMILES string of the molecule is CCC(C)(NC(=O)c1n[nH]c2ccc([N+](=O)[O-])cc12)C(=O)O. The van der Waals surface area contributed by atoms with Gasteiger partial charge in [-0.15, -0.1) is 0 Å². The highest BCUT2D eigenvalue weighted by molar-refractivity contribution is 6.06. The Hall–Kier alpha value is -2.97. The van der Waals surface area contributed by atoms with E-state index in [0.29, 0.717) is 5.52 Å². The maximum Gasteiger partial charge on any atom is 0.329 e. The second-order valence-electron chi connectivity index (χ2n) is 5.00. The average molecular weight is 306 g/mol. The van der Waals surface area contributed by atoms with Crippen molar-refractivity contribution in [2.45, 2.75) is 25.8 Å². The third kappa shape index (κ3) is 2.60. The number of aliphatic carboxylic acids is 1. The first-order valence-corrected chi connectivity index (χ1v) is 6.47. The highest BCUT2D eigenvalue weighted by Gasteiger charge is 2.34. The normalized spacial score (nSPS) is 13.5. The Morgan fingerprint density at radius 3 is 2.73 bits per heavy atom. The minimum absolute atomic E-state index is 0.0837. The fourth-order valence-corrected chi connectivity index (χ4v) is 1.89. The number of nitro benzene ring substituents is 1. The van der Waals surface area contributed by atoms with Crippen molar-refractivity contribution in [1.29, 1.82) is 0 Å². The number of benzene rings is 1. The van der Waals surface area contributed by atoms with E-state index in [4.69, 9.17) is 0 Å². The number of carboxylic acids is 1. The van der Waals surface area contributed by atoms with Gasteiger partial charge in [-0.2, -0.15) is 5.10 Å². The first kappa shape index (κ1) is 15.4. The van der Waals surface area contributed by atoms with Gasteiger partial charge in [0.25, 0.3) is 11.6 Å². The molecule has 0 aliphatic heterocycles. The van der Waals surface area contributed by atoms with Crippen molar-refractivity contribution in [3.8, 4) is 0 Å². The zero-order valence-corrected chi connectivity index (χ0v) is 11.9. The molecule has 9 nitrogen and oxygen atoms in total. The number of carbonyl (C=O) groups is 2. The van der Waals surface area contributed by atoms with Crippen molar-refractivity contribution >= 4 is 28.5 Å². The summed E-state index contributed by atoms with van der Waals surface area (Å²) in [6, 6.07) is 3.95. The Labute approximate surface area is 124 Å². The third-order valence-electron chi connectivity index (χ3n) is 3.54. The van der Waals surface area contributed by atoms with Gasteiger partial charge in [0.15, 0.2) is 5.69 Å². The fraction of sp³-hybridized carbons (Fsp3) is 0.308. The summed E-state index contributed by atoms with van der Waals surface area (Å²) >= 11 is 0. The van der Waals surface area contributed by atoms with Gasteiger partial charge in [0, 0.05) is 17.5 Å². The van der Waals surface area contributed by atoms with Gasteiger partial charge in [0.2, 0.25) is 0 Å². The monoisotopic (exact) mass is 306 g/mol. The molecule has 116 valence electrons. The maximum atomic E-state index is 12.3. The van der Waals surface area contributed by atoms with E-state index in [-0.39, 0.29) is 23.2 Å². The van der Waals surface area contributed by atoms with E-state index in [1.54, 1.807) is 6.92 Å². The third-order valence-corrected chi connectivity index (χ3v) is 3.54. The van der Waals surface area contributed by atoms with Crippen molar-refractivity contribution in [2.24, 2.45) is 0 Å². The van der Waals surface area contributed by atoms with Crippen molar-refractivity contribution in [3.05, 3.63) is 34.0 Å². The van der Waals surface area contributed by atoms with E-state index in [9.17, 15) is 24.8 Å². The molecule has 2 rings (SSSR count). The number of aromatic nitrogens is 2. The van der Waals surface area contributed by atoms with Crippen LogP contribution >= 0.6 is 0 Å². The summed E-state index contributed by atoms with van der Waals surface area (Å²) in [6.45, 7) is 3.01. The van der Waals surface area contributed by atoms with E-state index >= 15 is 0 Å². The molecular weight excluding hydrogens is 292 g/mol. The molecule has 0 saturated heterocycles. The van der Waals surface area contributed by atoms with Gasteiger partial charge in [-0.05, 0) is 19.4 Å². The number of aromatic amines is 1. The predicted molar refractivity (Wildman–Crippen MR) is 76.5 cm³/mol. The van der Waals surface area contributed by atoms with Gasteiger partial charge in [0.05, 0.1) is 10.4 Å². The van der Waals surface area contributed by atoms with Crippen LogP contribution < -0.4 is 5.32 Å². The molecule has 1 aromatic heterocycles. The van der Waals surface area contributed by atoms with Crippen molar-refractivity contribution in [2.75, 3.05) is 0 Å². The molecule has 0 aliphatic rings. The Bertz CT molecular complexity index is 769. The number of fused-ring (bicyclic) bond motifs is 1. The maximum absolute atomic E-state index is 12.3. The first-order valence-electron chi connectivity index (χ1n) is 6.47. The zero-order chi connectivity index (χ0) is 16.5. The number of carboxylic acid groups (broad SMARTS) is 1. The Kier molecular flexibility index (Phi) is 3.81. The van der Waals surface area contributed by atoms with Crippen LogP contribution in [-0.2, 0) is 4.79 Å². The van der Waals surface area contributed by atoms with E-state index in [1.165, 1.54) is 25.1 Å². The number of hydrogen-bond acceptors (Lipinski definition) is 5. The summed E-state index contributed by atoms with van der Waals surface area (Å²) in [5.41, 5.74) is -1.26. The van der Waals surface area contributed by atoms with Crippen LogP contribution in [0.5, 0.6) is 0 Å². The van der Waals surface area contributed by atoms with Crippen molar-refractivity contribution < 1.29 is 19.6 Å². The van der Waals surface area contributed by atoms with E-state index < -0.39 is 22.3 Å². The van der Waals surface area contributed by atoms with Gasteiger partial charge >= 0.3 is 5.97 Å². The zero-order valence-electron chi connectivity index (χ0n) is 11.9. The summed E-state index contributed by atoms with van der Waals surface area (Å²) in [7, 11) is 0. The van der Waals surface area contributed by atoms with E-state index in [2.05, 4.69) is 15.5 Å². The van der Waals surface area contributed by atoms with Crippen molar-refractivity contribution in [1.82, 2.24) is 15.5 Å². The molecule has 1 unspecified atom stereocenters. The second-order valence-corrected chi connectivity index (χ2v) is 5.00. The Balaban J connectivity index is 2.42. The minimum atomic E-state index is -1.44. The number of nitrogens with one attached hydrogen (secondary N) is 2. The average Bonchev–Trinajstić information content (AvgIpc) is 2.89. The van der Waals surface area contributed by atoms with Crippen LogP contribution in [0.1, 0.15) is 30.8 Å². The molecule has 0 fully saturated rings. The van der Waals surface area contributed by atoms with Gasteiger partial charge in [-0.3, -0.25) is 20.0 Å². The Morgan fingerprint density at radius 1 is 1.50 bits per heavy atom. The lowest BCUT2D eigenvalue weighted by Crippen LogP contribution is -2.51. The quantitative estimate of drug-likeness (QED) is 0.564. The van der Waals surface area contributed by atoms with Gasteiger partial charge in [0.1, 0.15) is 5.54 Å². The van der Waals surface area contributed by atoms with E-state index in [1.807, 2.05) is 0 Å². The van der Waals surface area contributed by atoms with Crippen LogP contribution in [0, 0.1) is 10.1 Å². The molecule has 1 heterocycles. The lowest BCUT2D eigenvalue weighted by molar-refractivity contribution is -0.384. The minimum Gasteiger partial charge on any atom is -0.480 e. The first-order chi connectivity index (χ1) is 10.3. The van der Waals surface area contributed by atoms with Crippen LogP contribution in [0.2, 0.25) is 0 Å². The number of hydrogen-bond donors (Lipinski definition) is 3. The van der Waals surface area contributed by atoms with Crippen LogP contribution in [0.15, 0.2) is 18.2 Å². The summed E-state index contributed by atoms with van der Waals surface area (Å²) < 4.78 is 0. The van der Waals surface area contributed by atoms with Crippen LogP contribution in [0.4, 0.5) is 5.69 Å². The molecule has 9 heteroatoms. The van der Waals surface area contributed by atoms with E-state index in [0.717, 1.165) is 0 Å². The summed E-state index contributed by atoms with van der Waals surface area (Å²) in [6.07, 6.45) is 0.177. The van der Waals surface area contributed by atoms with Crippen LogP contribution in [0.3, 0.4) is 0 Å². The standard InChI is InChI=1S/C13H14N4O5/c1-3-13(2,12(19)20)14-11(18)10-8-6-7(17(21)22)4-5-9(8)15-16-10/h4-6H,3H2,1-2H3,(H,14,18)(H,15,16)(H,19,20).